The van der Waals surface area contributed by atoms with E-state index in [0.717, 1.165) is 65.5 Å². The first kappa shape index (κ1) is 22.5. The lowest BCUT2D eigenvalue weighted by Gasteiger charge is -2.37. The fourth-order valence-corrected chi connectivity index (χ4v) is 4.66. The van der Waals surface area contributed by atoms with Crippen molar-refractivity contribution in [2.45, 2.75) is 6.92 Å². The van der Waals surface area contributed by atoms with Crippen LogP contribution in [-0.4, -0.2) is 61.1 Å². The van der Waals surface area contributed by atoms with Crippen molar-refractivity contribution < 1.29 is 14.2 Å². The summed E-state index contributed by atoms with van der Waals surface area (Å²) < 4.78 is 16.7. The first-order valence-corrected chi connectivity index (χ1v) is 12.1. The molecule has 0 bridgehead atoms. The molecule has 0 radical (unpaired) electrons. The Kier molecular flexibility index (Phi) is 5.80. The molecule has 4 aromatic rings. The van der Waals surface area contributed by atoms with Gasteiger partial charge in [0.05, 0.1) is 38.6 Å². The number of pyridine rings is 2. The van der Waals surface area contributed by atoms with E-state index >= 15 is 0 Å². The summed E-state index contributed by atoms with van der Waals surface area (Å²) in [6.45, 7) is 7.19. The summed E-state index contributed by atoms with van der Waals surface area (Å²) in [7, 11) is 0. The number of H-pyrrole nitrogens is 1. The van der Waals surface area contributed by atoms with Gasteiger partial charge in [-0.25, -0.2) is 9.97 Å². The average Bonchev–Trinajstić information content (AvgIpc) is 3.36. The highest BCUT2D eigenvalue weighted by Crippen LogP contribution is 2.34. The van der Waals surface area contributed by atoms with E-state index in [1.807, 2.05) is 30.5 Å². The van der Waals surface area contributed by atoms with Crippen LogP contribution in [0.15, 0.2) is 54.9 Å². The number of rotatable bonds is 6. The molecule has 2 aliphatic rings. The lowest BCUT2D eigenvalue weighted by molar-refractivity contribution is -0.120. The van der Waals surface area contributed by atoms with Crippen LogP contribution < -0.4 is 9.64 Å². The second-order valence-electron chi connectivity index (χ2n) is 9.72. The van der Waals surface area contributed by atoms with Crippen molar-refractivity contribution in [3.8, 4) is 34.2 Å². The van der Waals surface area contributed by atoms with E-state index in [2.05, 4.69) is 51.0 Å². The summed E-state index contributed by atoms with van der Waals surface area (Å²) in [5.74, 6) is 1.56. The van der Waals surface area contributed by atoms with Gasteiger partial charge >= 0.3 is 0 Å². The normalized spacial score (nSPS) is 16.9. The first-order chi connectivity index (χ1) is 17.6. The Balaban J connectivity index is 1.28. The van der Waals surface area contributed by atoms with E-state index in [9.17, 15) is 5.26 Å². The Hall–Kier alpha value is -3.93. The molecule has 8 nitrogen and oxygen atoms in total. The highest BCUT2D eigenvalue weighted by atomic mass is 16.5. The number of anilines is 1. The first-order valence-electron chi connectivity index (χ1n) is 12.1. The van der Waals surface area contributed by atoms with Crippen LogP contribution >= 0.6 is 0 Å². The quantitative estimate of drug-likeness (QED) is 0.436. The number of nitriles is 1. The van der Waals surface area contributed by atoms with Crippen molar-refractivity contribution in [2.24, 2.45) is 5.41 Å². The second kappa shape index (κ2) is 9.26. The maximum Gasteiger partial charge on any atom is 0.138 e. The van der Waals surface area contributed by atoms with Gasteiger partial charge in [0, 0.05) is 47.5 Å². The Bertz CT molecular complexity index is 1430. The van der Waals surface area contributed by atoms with E-state index in [4.69, 9.17) is 14.2 Å². The van der Waals surface area contributed by atoms with Gasteiger partial charge in [-0.1, -0.05) is 13.0 Å². The summed E-state index contributed by atoms with van der Waals surface area (Å²) in [4.78, 5) is 14.9. The molecule has 0 saturated carbocycles. The third kappa shape index (κ3) is 4.28. The second-order valence-corrected chi connectivity index (χ2v) is 9.72. The molecule has 5 heterocycles. The van der Waals surface area contributed by atoms with Crippen molar-refractivity contribution in [3.05, 3.63) is 60.4 Å². The number of hydrogen-bond acceptors (Lipinski definition) is 7. The summed E-state index contributed by atoms with van der Waals surface area (Å²) >= 11 is 0. The van der Waals surface area contributed by atoms with E-state index in [-0.39, 0.29) is 5.41 Å². The monoisotopic (exact) mass is 481 g/mol. The van der Waals surface area contributed by atoms with Crippen LogP contribution in [0.1, 0.15) is 12.5 Å². The molecule has 0 unspecified atom stereocenters. The third-order valence-electron chi connectivity index (χ3n) is 6.81. The van der Waals surface area contributed by atoms with Crippen LogP contribution in [0, 0.1) is 16.7 Å². The molecule has 0 aliphatic carbocycles. The lowest BCUT2D eigenvalue weighted by Crippen LogP contribution is -2.44. The molecule has 0 spiro atoms. The molecule has 36 heavy (non-hydrogen) atoms. The standard InChI is InChI=1S/C28H27N5O3/c1-28(16-35-17-28)18-36-25-4-2-19(12-21(25)14-29)22-6-7-30-27-23(22)13-24(32-27)20-3-5-26(31-15-20)33-8-10-34-11-9-33/h2-7,12-13,15H,8-11,16-18H2,1H3,(H,30,32). The van der Waals surface area contributed by atoms with Gasteiger partial charge in [-0.15, -0.1) is 0 Å². The third-order valence-corrected chi connectivity index (χ3v) is 6.81. The molecule has 8 heteroatoms. The van der Waals surface area contributed by atoms with Crippen LogP contribution in [0.4, 0.5) is 5.82 Å². The zero-order valence-corrected chi connectivity index (χ0v) is 20.2. The van der Waals surface area contributed by atoms with E-state index in [1.165, 1.54) is 0 Å². The van der Waals surface area contributed by atoms with Crippen molar-refractivity contribution in [1.29, 1.82) is 5.26 Å². The van der Waals surface area contributed by atoms with E-state index in [1.54, 1.807) is 6.20 Å². The number of morpholine rings is 1. The van der Waals surface area contributed by atoms with Crippen LogP contribution in [0.3, 0.4) is 0 Å². The van der Waals surface area contributed by atoms with Gasteiger partial charge in [0.1, 0.15) is 23.3 Å². The lowest BCUT2D eigenvalue weighted by atomic mass is 9.90. The minimum Gasteiger partial charge on any atom is -0.491 e. The number of ether oxygens (including phenoxy) is 3. The van der Waals surface area contributed by atoms with Crippen molar-refractivity contribution in [2.75, 3.05) is 51.0 Å². The number of aromatic amines is 1. The van der Waals surface area contributed by atoms with Gasteiger partial charge in [-0.3, -0.25) is 0 Å². The molecule has 6 rings (SSSR count). The Morgan fingerprint density at radius 3 is 2.61 bits per heavy atom. The predicted octanol–water partition coefficient (Wildman–Crippen LogP) is 4.42. The van der Waals surface area contributed by atoms with E-state index < -0.39 is 0 Å². The average molecular weight is 482 g/mol. The summed E-state index contributed by atoms with van der Waals surface area (Å²) in [6, 6.07) is 16.2. The predicted molar refractivity (Wildman–Crippen MR) is 137 cm³/mol. The van der Waals surface area contributed by atoms with Gasteiger partial charge in [0.15, 0.2) is 0 Å². The Morgan fingerprint density at radius 2 is 1.89 bits per heavy atom. The van der Waals surface area contributed by atoms with Crippen LogP contribution in [0.5, 0.6) is 5.75 Å². The number of aromatic nitrogens is 3. The molecular weight excluding hydrogens is 454 g/mol. The molecule has 2 aliphatic heterocycles. The van der Waals surface area contributed by atoms with Gasteiger partial charge in [0.2, 0.25) is 0 Å². The highest BCUT2D eigenvalue weighted by molar-refractivity contribution is 5.96. The molecule has 1 N–H and O–H groups in total. The SMILES string of the molecule is CC1(COc2ccc(-c3ccnc4[nH]c(-c5ccc(N6CCOCC6)nc5)cc34)cc2C#N)COC1. The van der Waals surface area contributed by atoms with Crippen LogP contribution in [-0.2, 0) is 9.47 Å². The number of hydrogen-bond donors (Lipinski definition) is 1. The summed E-state index contributed by atoms with van der Waals surface area (Å²) in [5, 5.41) is 10.8. The maximum atomic E-state index is 9.78. The van der Waals surface area contributed by atoms with Gasteiger partial charge < -0.3 is 24.1 Å². The smallest absolute Gasteiger partial charge is 0.138 e. The minimum absolute atomic E-state index is 0.0133. The summed E-state index contributed by atoms with van der Waals surface area (Å²) in [6.07, 6.45) is 3.67. The molecule has 3 aromatic heterocycles. The summed E-state index contributed by atoms with van der Waals surface area (Å²) in [5.41, 5.74) is 5.20. The molecule has 182 valence electrons. The van der Waals surface area contributed by atoms with Gasteiger partial charge in [0.25, 0.3) is 0 Å². The van der Waals surface area contributed by atoms with Crippen molar-refractivity contribution in [3.63, 3.8) is 0 Å². The number of benzene rings is 1. The minimum atomic E-state index is 0.0133. The highest BCUT2D eigenvalue weighted by Gasteiger charge is 2.34. The van der Waals surface area contributed by atoms with Crippen LogP contribution in [0.2, 0.25) is 0 Å². The maximum absolute atomic E-state index is 9.78. The van der Waals surface area contributed by atoms with Crippen molar-refractivity contribution >= 4 is 16.9 Å². The molecule has 0 atom stereocenters. The molecule has 2 fully saturated rings. The molecule has 2 saturated heterocycles. The number of nitrogens with zero attached hydrogens (tertiary/aromatic N) is 4. The van der Waals surface area contributed by atoms with Crippen molar-refractivity contribution in [1.82, 2.24) is 15.0 Å². The fraction of sp³-hybridized carbons (Fsp3) is 0.321. The Labute approximate surface area is 209 Å². The number of nitrogens with one attached hydrogen (secondary N) is 1. The van der Waals surface area contributed by atoms with Gasteiger partial charge in [-0.05, 0) is 47.5 Å². The van der Waals surface area contributed by atoms with Gasteiger partial charge in [-0.2, -0.15) is 5.26 Å². The number of fused-ring (bicyclic) bond motifs is 1. The topological polar surface area (TPSA) is 96.3 Å². The molecule has 0 amide bonds. The zero-order valence-electron chi connectivity index (χ0n) is 20.2. The van der Waals surface area contributed by atoms with Crippen LogP contribution in [0.25, 0.3) is 33.4 Å². The molecule has 1 aromatic carbocycles. The largest absolute Gasteiger partial charge is 0.491 e. The fourth-order valence-electron chi connectivity index (χ4n) is 4.66. The zero-order chi connectivity index (χ0) is 24.5. The Morgan fingerprint density at radius 1 is 1.06 bits per heavy atom. The van der Waals surface area contributed by atoms with E-state index in [0.29, 0.717) is 31.1 Å². The molecular formula is C28H27N5O3.